The number of carbonyl (C=O) groups is 1. The lowest BCUT2D eigenvalue weighted by Crippen LogP contribution is -2.15. The Hall–Kier alpha value is -2.86. The third-order valence-electron chi connectivity index (χ3n) is 5.08. The van der Waals surface area contributed by atoms with Crippen LogP contribution in [0.15, 0.2) is 70.7 Å². The number of ether oxygens (including phenoxy) is 1. The lowest BCUT2D eigenvalue weighted by Gasteiger charge is -2.26. The topological polar surface area (TPSA) is 59.4 Å². The van der Waals surface area contributed by atoms with Crippen LogP contribution in [0.1, 0.15) is 40.2 Å². The van der Waals surface area contributed by atoms with Crippen molar-refractivity contribution in [2.45, 2.75) is 35.0 Å². The molecule has 0 bridgehead atoms. The minimum Gasteiger partial charge on any atom is -0.493 e. The Morgan fingerprint density at radius 2 is 2.07 bits per heavy atom. The highest BCUT2D eigenvalue weighted by Gasteiger charge is 2.22. The van der Waals surface area contributed by atoms with E-state index in [1.807, 2.05) is 18.2 Å². The second kappa shape index (κ2) is 8.66. The number of carboxylic acids is 1. The standard InChI is InChI=1S/C23H20FNO3S/c24-17-2-1-3-18(12-17)29-19-6-7-20-15(9-11-28-22(20)13-19)4-5-16-14-25-10-8-21(16)23(26)27/h1-3,6-8,10,12-15H,4-5,9,11H2,(H,26,27)/t15-/m1/s1. The second-order valence-electron chi connectivity index (χ2n) is 6.97. The molecule has 1 aromatic heterocycles. The number of nitrogens with zero attached hydrogens (tertiary/aromatic N) is 1. The molecule has 0 amide bonds. The van der Waals surface area contributed by atoms with Gasteiger partial charge in [-0.05, 0) is 72.7 Å². The van der Waals surface area contributed by atoms with Crippen LogP contribution in [0.4, 0.5) is 4.39 Å². The lowest BCUT2D eigenvalue weighted by molar-refractivity contribution is 0.0695. The molecule has 1 atom stereocenters. The average molecular weight is 409 g/mol. The smallest absolute Gasteiger partial charge is 0.336 e. The molecule has 0 radical (unpaired) electrons. The SMILES string of the molecule is O=C(O)c1ccncc1CC[C@@H]1CCOc2cc(Sc3cccc(F)c3)ccc21. The van der Waals surface area contributed by atoms with Crippen LogP contribution in [-0.4, -0.2) is 22.7 Å². The van der Waals surface area contributed by atoms with Crippen molar-refractivity contribution in [3.05, 3.63) is 83.4 Å². The molecule has 3 aromatic rings. The number of rotatable bonds is 6. The Morgan fingerprint density at radius 3 is 2.90 bits per heavy atom. The third-order valence-corrected chi connectivity index (χ3v) is 6.06. The van der Waals surface area contributed by atoms with Crippen LogP contribution in [0.2, 0.25) is 0 Å². The average Bonchev–Trinajstić information content (AvgIpc) is 2.72. The summed E-state index contributed by atoms with van der Waals surface area (Å²) >= 11 is 1.50. The van der Waals surface area contributed by atoms with E-state index in [2.05, 4.69) is 11.1 Å². The van der Waals surface area contributed by atoms with Crippen molar-refractivity contribution < 1.29 is 19.0 Å². The molecule has 0 aliphatic carbocycles. The summed E-state index contributed by atoms with van der Waals surface area (Å²) in [7, 11) is 0. The molecule has 0 spiro atoms. The first-order valence-electron chi connectivity index (χ1n) is 9.46. The normalized spacial score (nSPS) is 15.4. The quantitative estimate of drug-likeness (QED) is 0.577. The first-order valence-corrected chi connectivity index (χ1v) is 10.3. The minimum atomic E-state index is -0.922. The molecule has 1 N–H and O–H groups in total. The van der Waals surface area contributed by atoms with Gasteiger partial charge in [-0.15, -0.1) is 0 Å². The van der Waals surface area contributed by atoms with Gasteiger partial charge in [0.05, 0.1) is 12.2 Å². The van der Waals surface area contributed by atoms with Gasteiger partial charge in [0, 0.05) is 22.2 Å². The molecule has 1 aliphatic rings. The zero-order valence-corrected chi connectivity index (χ0v) is 16.5. The first-order chi connectivity index (χ1) is 14.1. The maximum Gasteiger partial charge on any atom is 0.336 e. The largest absolute Gasteiger partial charge is 0.493 e. The minimum absolute atomic E-state index is 0.250. The van der Waals surface area contributed by atoms with Crippen LogP contribution in [0.5, 0.6) is 5.75 Å². The van der Waals surface area contributed by atoms with Crippen molar-refractivity contribution in [3.63, 3.8) is 0 Å². The van der Waals surface area contributed by atoms with E-state index in [1.54, 1.807) is 18.3 Å². The summed E-state index contributed by atoms with van der Waals surface area (Å²) in [5, 5.41) is 9.36. The highest BCUT2D eigenvalue weighted by atomic mass is 32.2. The number of aromatic carboxylic acids is 1. The Morgan fingerprint density at radius 1 is 1.21 bits per heavy atom. The van der Waals surface area contributed by atoms with E-state index in [0.29, 0.717) is 24.5 Å². The van der Waals surface area contributed by atoms with Crippen molar-refractivity contribution >= 4 is 17.7 Å². The van der Waals surface area contributed by atoms with Gasteiger partial charge in [-0.25, -0.2) is 9.18 Å². The zero-order chi connectivity index (χ0) is 20.2. The molecular weight excluding hydrogens is 389 g/mol. The van der Waals surface area contributed by atoms with Gasteiger partial charge < -0.3 is 9.84 Å². The number of halogens is 1. The van der Waals surface area contributed by atoms with Gasteiger partial charge in [0.15, 0.2) is 0 Å². The molecule has 4 rings (SSSR count). The Labute approximate surface area is 172 Å². The van der Waals surface area contributed by atoms with Gasteiger partial charge in [0.2, 0.25) is 0 Å². The fourth-order valence-electron chi connectivity index (χ4n) is 3.64. The number of pyridine rings is 1. The van der Waals surface area contributed by atoms with Crippen LogP contribution in [0.25, 0.3) is 0 Å². The summed E-state index contributed by atoms with van der Waals surface area (Å²) in [6.07, 6.45) is 5.53. The van der Waals surface area contributed by atoms with Crippen LogP contribution in [0.3, 0.4) is 0 Å². The third kappa shape index (κ3) is 4.59. The molecule has 2 heterocycles. The summed E-state index contributed by atoms with van der Waals surface area (Å²) < 4.78 is 19.3. The predicted octanol–water partition coefficient (Wildman–Crippen LogP) is 5.57. The summed E-state index contributed by atoms with van der Waals surface area (Å²) in [6.45, 7) is 0.630. The fourth-order valence-corrected chi connectivity index (χ4v) is 4.53. The molecule has 0 unspecified atom stereocenters. The molecule has 0 fully saturated rings. The Kier molecular flexibility index (Phi) is 5.81. The molecule has 1 aliphatic heterocycles. The fraction of sp³-hybridized carbons (Fsp3) is 0.217. The van der Waals surface area contributed by atoms with Gasteiger partial charge in [-0.2, -0.15) is 0 Å². The van der Waals surface area contributed by atoms with Crippen LogP contribution < -0.4 is 4.74 Å². The van der Waals surface area contributed by atoms with Crippen molar-refractivity contribution in [1.82, 2.24) is 4.98 Å². The predicted molar refractivity (Wildman–Crippen MR) is 109 cm³/mol. The molecule has 148 valence electrons. The Bertz CT molecular complexity index is 1040. The van der Waals surface area contributed by atoms with Crippen LogP contribution in [-0.2, 0) is 6.42 Å². The highest BCUT2D eigenvalue weighted by molar-refractivity contribution is 7.99. The van der Waals surface area contributed by atoms with E-state index in [0.717, 1.165) is 39.5 Å². The number of fused-ring (bicyclic) bond motifs is 1. The van der Waals surface area contributed by atoms with E-state index in [9.17, 15) is 14.3 Å². The summed E-state index contributed by atoms with van der Waals surface area (Å²) in [4.78, 5) is 17.3. The van der Waals surface area contributed by atoms with E-state index in [4.69, 9.17) is 4.74 Å². The highest BCUT2D eigenvalue weighted by Crippen LogP contribution is 2.40. The van der Waals surface area contributed by atoms with E-state index >= 15 is 0 Å². The van der Waals surface area contributed by atoms with Crippen LogP contribution >= 0.6 is 11.8 Å². The maximum atomic E-state index is 13.4. The van der Waals surface area contributed by atoms with Crippen LogP contribution in [0, 0.1) is 5.82 Å². The van der Waals surface area contributed by atoms with Crippen molar-refractivity contribution in [1.29, 1.82) is 0 Å². The van der Waals surface area contributed by atoms with Gasteiger partial charge in [0.1, 0.15) is 11.6 Å². The summed E-state index contributed by atoms with van der Waals surface area (Å²) in [6, 6.07) is 14.2. The number of aromatic nitrogens is 1. The number of carboxylic acid groups (broad SMARTS) is 1. The maximum absolute atomic E-state index is 13.4. The summed E-state index contributed by atoms with van der Waals surface area (Å²) in [5.74, 6) is -0.0182. The number of aryl methyl sites for hydroxylation is 1. The van der Waals surface area contributed by atoms with E-state index in [1.165, 1.54) is 30.1 Å². The molecular formula is C23H20FNO3S. The van der Waals surface area contributed by atoms with Crippen molar-refractivity contribution in [2.24, 2.45) is 0 Å². The molecule has 0 saturated heterocycles. The van der Waals surface area contributed by atoms with Gasteiger partial charge in [-0.3, -0.25) is 4.98 Å². The zero-order valence-electron chi connectivity index (χ0n) is 15.7. The monoisotopic (exact) mass is 409 g/mol. The molecule has 6 heteroatoms. The first kappa shape index (κ1) is 19.5. The molecule has 2 aromatic carbocycles. The van der Waals surface area contributed by atoms with Gasteiger partial charge in [-0.1, -0.05) is 23.9 Å². The van der Waals surface area contributed by atoms with Gasteiger partial charge in [0.25, 0.3) is 0 Å². The lowest BCUT2D eigenvalue weighted by atomic mass is 9.87. The number of benzene rings is 2. The molecule has 29 heavy (non-hydrogen) atoms. The van der Waals surface area contributed by atoms with Gasteiger partial charge >= 0.3 is 5.97 Å². The Balaban J connectivity index is 1.49. The molecule has 4 nitrogen and oxygen atoms in total. The number of hydrogen-bond donors (Lipinski definition) is 1. The van der Waals surface area contributed by atoms with Crippen molar-refractivity contribution in [2.75, 3.05) is 6.61 Å². The van der Waals surface area contributed by atoms with Crippen molar-refractivity contribution in [3.8, 4) is 5.75 Å². The van der Waals surface area contributed by atoms with E-state index in [-0.39, 0.29) is 5.82 Å². The van der Waals surface area contributed by atoms with E-state index < -0.39 is 5.97 Å². The number of hydrogen-bond acceptors (Lipinski definition) is 4. The second-order valence-corrected chi connectivity index (χ2v) is 8.12. The molecule has 0 saturated carbocycles. The summed E-state index contributed by atoms with van der Waals surface area (Å²) in [5.41, 5.74) is 2.21.